The number of aryl methyl sites for hydroxylation is 1. The van der Waals surface area contributed by atoms with Gasteiger partial charge in [0.15, 0.2) is 0 Å². The van der Waals surface area contributed by atoms with Crippen LogP contribution < -0.4 is 5.43 Å². The first-order valence-corrected chi connectivity index (χ1v) is 4.33. The zero-order valence-corrected chi connectivity index (χ0v) is 8.14. The Balaban J connectivity index is 3.01. The minimum absolute atomic E-state index is 0.0745. The lowest BCUT2D eigenvalue weighted by Gasteiger charge is -2.03. The number of nitriles is 1. The molecule has 0 aliphatic carbocycles. The molecule has 0 bridgehead atoms. The molecule has 0 aromatic carbocycles. The smallest absolute Gasteiger partial charge is 0.218 e. The summed E-state index contributed by atoms with van der Waals surface area (Å²) in [5, 5.41) is 8.48. The third-order valence-corrected chi connectivity index (χ3v) is 2.01. The molecule has 0 fully saturated rings. The molecular formula is C8H6Cl2N2O. The summed E-state index contributed by atoms with van der Waals surface area (Å²) in [5.74, 6) is 0. The second-order valence-electron chi connectivity index (χ2n) is 2.43. The number of halogens is 2. The normalized spacial score (nSPS) is 9.62. The molecule has 1 rings (SSSR count). The van der Waals surface area contributed by atoms with E-state index in [1.807, 2.05) is 6.07 Å². The van der Waals surface area contributed by atoms with Crippen molar-refractivity contribution in [2.75, 3.05) is 0 Å². The lowest BCUT2D eigenvalue weighted by Crippen LogP contribution is -2.08. The molecule has 0 spiro atoms. The van der Waals surface area contributed by atoms with Gasteiger partial charge in [0.25, 0.3) is 0 Å². The first-order valence-electron chi connectivity index (χ1n) is 3.57. The Morgan fingerprint density at radius 2 is 1.92 bits per heavy atom. The van der Waals surface area contributed by atoms with Crippen LogP contribution in [-0.2, 0) is 6.54 Å². The van der Waals surface area contributed by atoms with Crippen LogP contribution >= 0.6 is 23.2 Å². The van der Waals surface area contributed by atoms with E-state index in [1.165, 1.54) is 12.4 Å². The summed E-state index contributed by atoms with van der Waals surface area (Å²) in [4.78, 5) is 11.1. The minimum atomic E-state index is -0.378. The van der Waals surface area contributed by atoms with Gasteiger partial charge < -0.3 is 4.57 Å². The average Bonchev–Trinajstić information content (AvgIpc) is 2.10. The predicted molar refractivity (Wildman–Crippen MR) is 51.0 cm³/mol. The van der Waals surface area contributed by atoms with E-state index >= 15 is 0 Å². The van der Waals surface area contributed by atoms with Crippen molar-refractivity contribution < 1.29 is 0 Å². The van der Waals surface area contributed by atoms with Crippen LogP contribution in [0.5, 0.6) is 0 Å². The summed E-state index contributed by atoms with van der Waals surface area (Å²) in [6.07, 6.45) is 3.29. The van der Waals surface area contributed by atoms with Gasteiger partial charge in [-0.05, 0) is 0 Å². The number of pyridine rings is 1. The molecule has 0 N–H and O–H groups in total. The number of aromatic nitrogens is 1. The fourth-order valence-electron chi connectivity index (χ4n) is 0.868. The largest absolute Gasteiger partial charge is 0.350 e. The van der Waals surface area contributed by atoms with Crippen molar-refractivity contribution in [1.29, 1.82) is 5.26 Å². The van der Waals surface area contributed by atoms with Crippen LogP contribution in [0.3, 0.4) is 0 Å². The maximum absolute atomic E-state index is 11.1. The summed E-state index contributed by atoms with van der Waals surface area (Å²) < 4.78 is 1.62. The molecule has 0 radical (unpaired) electrons. The van der Waals surface area contributed by atoms with E-state index in [0.29, 0.717) is 13.0 Å². The van der Waals surface area contributed by atoms with E-state index < -0.39 is 0 Å². The highest BCUT2D eigenvalue weighted by atomic mass is 35.5. The summed E-state index contributed by atoms with van der Waals surface area (Å²) in [6, 6.07) is 1.98. The van der Waals surface area contributed by atoms with Crippen LogP contribution in [0.2, 0.25) is 10.0 Å². The predicted octanol–water partition coefficient (Wildman–Crippen LogP) is 2.07. The molecule has 0 amide bonds. The Bertz CT molecular complexity index is 379. The number of nitrogens with zero attached hydrogens (tertiary/aromatic N) is 2. The van der Waals surface area contributed by atoms with Crippen LogP contribution in [0.15, 0.2) is 17.2 Å². The first kappa shape index (κ1) is 10.1. The maximum atomic E-state index is 11.1. The number of hydrogen-bond donors (Lipinski definition) is 0. The van der Waals surface area contributed by atoms with Crippen LogP contribution in [0.25, 0.3) is 0 Å². The van der Waals surface area contributed by atoms with E-state index in [0.717, 1.165) is 0 Å². The average molecular weight is 217 g/mol. The molecule has 0 saturated carbocycles. The molecule has 0 saturated heterocycles. The van der Waals surface area contributed by atoms with Crippen molar-refractivity contribution >= 4 is 23.2 Å². The zero-order chi connectivity index (χ0) is 9.84. The Morgan fingerprint density at radius 1 is 1.38 bits per heavy atom. The van der Waals surface area contributed by atoms with Crippen LogP contribution in [-0.4, -0.2) is 4.57 Å². The highest BCUT2D eigenvalue weighted by Crippen LogP contribution is 2.08. The van der Waals surface area contributed by atoms with Crippen molar-refractivity contribution in [3.8, 4) is 6.07 Å². The molecule has 1 aromatic rings. The second-order valence-corrected chi connectivity index (χ2v) is 3.24. The van der Waals surface area contributed by atoms with E-state index in [4.69, 9.17) is 28.5 Å². The van der Waals surface area contributed by atoms with E-state index in [9.17, 15) is 4.79 Å². The summed E-state index contributed by atoms with van der Waals surface area (Å²) in [6.45, 7) is 0.482. The number of rotatable bonds is 2. The van der Waals surface area contributed by atoms with Crippen LogP contribution in [0.4, 0.5) is 0 Å². The minimum Gasteiger partial charge on any atom is -0.350 e. The van der Waals surface area contributed by atoms with Crippen molar-refractivity contribution in [3.05, 3.63) is 32.7 Å². The van der Waals surface area contributed by atoms with Gasteiger partial charge in [-0.15, -0.1) is 0 Å². The molecular weight excluding hydrogens is 211 g/mol. The maximum Gasteiger partial charge on any atom is 0.218 e. The first-order chi connectivity index (χ1) is 6.15. The van der Waals surface area contributed by atoms with E-state index in [-0.39, 0.29) is 15.5 Å². The molecule has 1 heterocycles. The Hall–Kier alpha value is -0.980. The molecule has 1 aromatic heterocycles. The molecule has 5 heteroatoms. The lowest BCUT2D eigenvalue weighted by molar-refractivity contribution is 0.709. The van der Waals surface area contributed by atoms with Crippen LogP contribution in [0.1, 0.15) is 6.42 Å². The second kappa shape index (κ2) is 4.31. The fourth-order valence-corrected chi connectivity index (χ4v) is 1.37. The van der Waals surface area contributed by atoms with Crippen molar-refractivity contribution in [2.24, 2.45) is 0 Å². The Morgan fingerprint density at radius 3 is 2.38 bits per heavy atom. The standard InChI is InChI=1S/C8H6Cl2N2O/c9-6-4-12(3-1-2-11)5-7(10)8(6)13/h4-5H,1,3H2. The van der Waals surface area contributed by atoms with Crippen molar-refractivity contribution in [3.63, 3.8) is 0 Å². The van der Waals surface area contributed by atoms with Gasteiger partial charge in [-0.25, -0.2) is 0 Å². The third-order valence-electron chi connectivity index (χ3n) is 1.47. The van der Waals surface area contributed by atoms with Crippen LogP contribution in [0, 0.1) is 11.3 Å². The van der Waals surface area contributed by atoms with E-state index in [1.54, 1.807) is 4.57 Å². The van der Waals surface area contributed by atoms with Gasteiger partial charge in [0, 0.05) is 18.9 Å². The Labute approximate surface area is 85.1 Å². The van der Waals surface area contributed by atoms with Gasteiger partial charge in [0.05, 0.1) is 12.5 Å². The van der Waals surface area contributed by atoms with Gasteiger partial charge in [0.2, 0.25) is 5.43 Å². The molecule has 68 valence electrons. The zero-order valence-electron chi connectivity index (χ0n) is 6.63. The molecule has 0 aliphatic rings. The highest BCUT2D eigenvalue weighted by Gasteiger charge is 2.02. The summed E-state index contributed by atoms with van der Waals surface area (Å²) in [5.41, 5.74) is -0.378. The topological polar surface area (TPSA) is 45.8 Å². The van der Waals surface area contributed by atoms with Crippen molar-refractivity contribution in [2.45, 2.75) is 13.0 Å². The SMILES string of the molecule is N#CCCn1cc(Cl)c(=O)c(Cl)c1. The molecule has 0 atom stereocenters. The van der Waals surface area contributed by atoms with Gasteiger partial charge in [-0.2, -0.15) is 5.26 Å². The molecule has 0 aliphatic heterocycles. The quantitative estimate of drug-likeness (QED) is 0.761. The van der Waals surface area contributed by atoms with E-state index in [2.05, 4.69) is 0 Å². The number of hydrogen-bond acceptors (Lipinski definition) is 2. The molecule has 13 heavy (non-hydrogen) atoms. The Kier molecular flexibility index (Phi) is 3.35. The van der Waals surface area contributed by atoms with Gasteiger partial charge in [-0.1, -0.05) is 23.2 Å². The summed E-state index contributed by atoms with van der Waals surface area (Å²) >= 11 is 11.2. The molecule has 0 unspecified atom stereocenters. The van der Waals surface area contributed by atoms with Gasteiger partial charge in [0.1, 0.15) is 10.0 Å². The van der Waals surface area contributed by atoms with Gasteiger partial charge in [-0.3, -0.25) is 4.79 Å². The van der Waals surface area contributed by atoms with Crippen molar-refractivity contribution in [1.82, 2.24) is 4.57 Å². The highest BCUT2D eigenvalue weighted by molar-refractivity contribution is 6.34. The fraction of sp³-hybridized carbons (Fsp3) is 0.250. The lowest BCUT2D eigenvalue weighted by atomic mass is 10.4. The van der Waals surface area contributed by atoms with Gasteiger partial charge >= 0.3 is 0 Å². The third kappa shape index (κ3) is 2.48. The monoisotopic (exact) mass is 216 g/mol. The molecule has 3 nitrogen and oxygen atoms in total. The summed E-state index contributed by atoms with van der Waals surface area (Å²) in [7, 11) is 0.